The summed E-state index contributed by atoms with van der Waals surface area (Å²) in [4.78, 5) is 19.2. The van der Waals surface area contributed by atoms with Crippen LogP contribution in [0.5, 0.6) is 0 Å². The molecular formula is C25H24F3N5O2S. The predicted octanol–water partition coefficient (Wildman–Crippen LogP) is 3.65. The molecule has 7 nitrogen and oxygen atoms in total. The highest BCUT2D eigenvalue weighted by atomic mass is 32.2. The molecule has 2 N–H and O–H groups in total. The van der Waals surface area contributed by atoms with E-state index in [1.165, 1.54) is 17.8 Å². The number of aliphatic imine (C=N–C) groups is 1. The molecule has 3 heterocycles. The average molecular weight is 516 g/mol. The third-order valence-corrected chi connectivity index (χ3v) is 7.25. The number of benzene rings is 2. The maximum absolute atomic E-state index is 13.5. The van der Waals surface area contributed by atoms with Crippen LogP contribution in [0.25, 0.3) is 17.0 Å². The molecule has 1 atom stereocenters. The van der Waals surface area contributed by atoms with E-state index >= 15 is 0 Å². The minimum absolute atomic E-state index is 0.00980. The molecule has 1 aromatic heterocycles. The highest BCUT2D eigenvalue weighted by Gasteiger charge is 2.33. The number of aliphatic hydroxyl groups is 1. The van der Waals surface area contributed by atoms with Gasteiger partial charge in [-0.05, 0) is 54.1 Å². The number of thioether (sulfide) groups is 1. The van der Waals surface area contributed by atoms with Crippen LogP contribution in [-0.2, 0) is 17.5 Å². The van der Waals surface area contributed by atoms with E-state index in [-0.39, 0.29) is 30.7 Å². The van der Waals surface area contributed by atoms with Crippen LogP contribution in [0.4, 0.5) is 13.2 Å². The molecule has 11 heteroatoms. The van der Waals surface area contributed by atoms with Crippen molar-refractivity contribution in [3.05, 3.63) is 69.8 Å². The van der Waals surface area contributed by atoms with E-state index in [1.807, 2.05) is 17.0 Å². The number of aromatic nitrogens is 2. The van der Waals surface area contributed by atoms with Gasteiger partial charge in [0.25, 0.3) is 5.91 Å². The van der Waals surface area contributed by atoms with E-state index in [0.29, 0.717) is 40.8 Å². The number of halogens is 3. The number of alkyl halides is 3. The van der Waals surface area contributed by atoms with Gasteiger partial charge in [-0.25, -0.2) is 0 Å². The van der Waals surface area contributed by atoms with Gasteiger partial charge in [-0.2, -0.15) is 23.3 Å². The normalized spacial score (nSPS) is 20.0. The number of nitrogens with one attached hydrogen (secondary N) is 1. The second-order valence-electron chi connectivity index (χ2n) is 8.87. The Kier molecular flexibility index (Phi) is 6.62. The second-order valence-corrected chi connectivity index (χ2v) is 9.88. The molecular weight excluding hydrogens is 491 g/mol. The molecule has 2 aliphatic rings. The fourth-order valence-electron chi connectivity index (χ4n) is 4.38. The topological polar surface area (TPSA) is 82.8 Å². The third kappa shape index (κ3) is 5.04. The first-order chi connectivity index (χ1) is 17.2. The van der Waals surface area contributed by atoms with E-state index in [9.17, 15) is 23.1 Å². The largest absolute Gasteiger partial charge is 0.416 e. The van der Waals surface area contributed by atoms with E-state index in [4.69, 9.17) is 0 Å². The number of piperazine rings is 1. The second kappa shape index (κ2) is 9.72. The van der Waals surface area contributed by atoms with Crippen LogP contribution >= 0.6 is 11.8 Å². The first-order valence-corrected chi connectivity index (χ1v) is 12.3. The SMILES string of the molecule is Cc1ccc(Cn2ncc3cc(/C=C4\SC(N5CCN[C@H](CO)C5)=NC4=O)ccc32)c(C(F)(F)F)c1. The summed E-state index contributed by atoms with van der Waals surface area (Å²) in [6.07, 6.45) is -1.08. The number of carbonyl (C=O) groups is 1. The number of fused-ring (bicyclic) bond motifs is 1. The van der Waals surface area contributed by atoms with Gasteiger partial charge in [-0.1, -0.05) is 23.8 Å². The molecule has 3 aromatic rings. The van der Waals surface area contributed by atoms with E-state index in [2.05, 4.69) is 15.4 Å². The number of rotatable bonds is 4. The molecule has 0 unspecified atom stereocenters. The van der Waals surface area contributed by atoms with E-state index < -0.39 is 11.7 Å². The molecule has 1 saturated heterocycles. The summed E-state index contributed by atoms with van der Waals surface area (Å²) in [6, 6.07) is 9.71. The molecule has 2 aromatic carbocycles. The van der Waals surface area contributed by atoms with Crippen molar-refractivity contribution in [2.24, 2.45) is 4.99 Å². The Morgan fingerprint density at radius 1 is 1.25 bits per heavy atom. The van der Waals surface area contributed by atoms with Gasteiger partial charge >= 0.3 is 6.18 Å². The van der Waals surface area contributed by atoms with Crippen molar-refractivity contribution in [2.45, 2.75) is 25.7 Å². The first kappa shape index (κ1) is 24.5. The summed E-state index contributed by atoms with van der Waals surface area (Å²) >= 11 is 1.30. The van der Waals surface area contributed by atoms with Crippen molar-refractivity contribution in [3.63, 3.8) is 0 Å². The quantitative estimate of drug-likeness (QED) is 0.517. The number of hydrogen-bond acceptors (Lipinski definition) is 6. The number of aliphatic hydroxyl groups excluding tert-OH is 1. The number of nitrogens with zero attached hydrogens (tertiary/aromatic N) is 4. The molecule has 36 heavy (non-hydrogen) atoms. The lowest BCUT2D eigenvalue weighted by molar-refractivity contribution is -0.138. The Morgan fingerprint density at radius 2 is 2.08 bits per heavy atom. The summed E-state index contributed by atoms with van der Waals surface area (Å²) in [6.45, 7) is 3.61. The minimum atomic E-state index is -4.44. The molecule has 188 valence electrons. The Labute approximate surface area is 209 Å². The van der Waals surface area contributed by atoms with Gasteiger partial charge in [-0.15, -0.1) is 0 Å². The van der Waals surface area contributed by atoms with Crippen molar-refractivity contribution < 1.29 is 23.1 Å². The molecule has 0 bridgehead atoms. The van der Waals surface area contributed by atoms with Crippen LogP contribution < -0.4 is 5.32 Å². The highest BCUT2D eigenvalue weighted by molar-refractivity contribution is 8.18. The average Bonchev–Trinajstić information content (AvgIpc) is 3.42. The van der Waals surface area contributed by atoms with Crippen LogP contribution in [0.2, 0.25) is 0 Å². The van der Waals surface area contributed by atoms with Gasteiger partial charge in [0.15, 0.2) is 5.17 Å². The van der Waals surface area contributed by atoms with Gasteiger partial charge < -0.3 is 15.3 Å². The number of carbonyl (C=O) groups excluding carboxylic acids is 1. The molecule has 0 spiro atoms. The van der Waals surface area contributed by atoms with Gasteiger partial charge in [-0.3, -0.25) is 9.48 Å². The van der Waals surface area contributed by atoms with Gasteiger partial charge in [0.05, 0.1) is 35.3 Å². The Bertz CT molecular complexity index is 1380. The first-order valence-electron chi connectivity index (χ1n) is 11.5. The maximum Gasteiger partial charge on any atom is 0.416 e. The molecule has 1 fully saturated rings. The minimum Gasteiger partial charge on any atom is -0.395 e. The Hall–Kier alpha value is -3.15. The van der Waals surface area contributed by atoms with Crippen molar-refractivity contribution in [3.8, 4) is 0 Å². The maximum atomic E-state index is 13.5. The standard InChI is InChI=1S/C25H24F3N5O2S/c1-15-2-4-17(20(8-15)25(26,27)28)12-33-21-5-3-16(9-18(21)11-30-33)10-22-23(35)31-24(36-22)32-7-6-29-19(13-32)14-34/h2-5,8-11,19,29,34H,6-7,12-14H2,1H3/b22-10-/t19-/m0/s1. The molecule has 1 amide bonds. The predicted molar refractivity (Wildman–Crippen MR) is 133 cm³/mol. The summed E-state index contributed by atoms with van der Waals surface area (Å²) in [5.74, 6) is -0.316. The monoisotopic (exact) mass is 515 g/mol. The van der Waals surface area contributed by atoms with Crippen molar-refractivity contribution in [1.82, 2.24) is 20.0 Å². The van der Waals surface area contributed by atoms with Gasteiger partial charge in [0.1, 0.15) is 0 Å². The van der Waals surface area contributed by atoms with Crippen molar-refractivity contribution >= 4 is 39.8 Å². The number of amides is 1. The molecule has 0 saturated carbocycles. The lowest BCUT2D eigenvalue weighted by atomic mass is 10.0. The smallest absolute Gasteiger partial charge is 0.395 e. The van der Waals surface area contributed by atoms with Crippen molar-refractivity contribution in [2.75, 3.05) is 26.2 Å². The molecule has 2 aliphatic heterocycles. The van der Waals surface area contributed by atoms with Crippen LogP contribution in [0.15, 0.2) is 52.5 Å². The summed E-state index contributed by atoms with van der Waals surface area (Å²) < 4.78 is 42.2. The van der Waals surface area contributed by atoms with Crippen LogP contribution in [0, 0.1) is 6.92 Å². The number of amidine groups is 1. The van der Waals surface area contributed by atoms with Crippen LogP contribution in [0.3, 0.4) is 0 Å². The van der Waals surface area contributed by atoms with Crippen LogP contribution in [0.1, 0.15) is 22.3 Å². The van der Waals surface area contributed by atoms with Crippen LogP contribution in [-0.4, -0.2) is 63.1 Å². The summed E-state index contributed by atoms with van der Waals surface area (Å²) in [7, 11) is 0. The fraction of sp³-hybridized carbons (Fsp3) is 0.320. The third-order valence-electron chi connectivity index (χ3n) is 6.21. The zero-order valence-corrected chi connectivity index (χ0v) is 20.2. The van der Waals surface area contributed by atoms with Gasteiger partial charge in [0.2, 0.25) is 0 Å². The lowest BCUT2D eigenvalue weighted by Crippen LogP contribution is -2.53. The lowest BCUT2D eigenvalue weighted by Gasteiger charge is -2.33. The van der Waals surface area contributed by atoms with E-state index in [0.717, 1.165) is 17.0 Å². The highest BCUT2D eigenvalue weighted by Crippen LogP contribution is 2.34. The van der Waals surface area contributed by atoms with Gasteiger partial charge in [0, 0.05) is 31.1 Å². The van der Waals surface area contributed by atoms with Crippen molar-refractivity contribution in [1.29, 1.82) is 0 Å². The molecule has 0 radical (unpaired) electrons. The summed E-state index contributed by atoms with van der Waals surface area (Å²) in [5.41, 5.74) is 1.51. The fourth-order valence-corrected chi connectivity index (χ4v) is 5.33. The Balaban J connectivity index is 1.35. The van der Waals surface area contributed by atoms with E-state index in [1.54, 1.807) is 36.0 Å². The number of aryl methyl sites for hydroxylation is 1. The molecule has 0 aliphatic carbocycles. The Morgan fingerprint density at radius 3 is 2.86 bits per heavy atom. The summed E-state index contributed by atoms with van der Waals surface area (Å²) in [5, 5.41) is 18.3. The molecule has 5 rings (SSSR count). The zero-order valence-electron chi connectivity index (χ0n) is 19.4. The zero-order chi connectivity index (χ0) is 25.4. The number of hydrogen-bond donors (Lipinski definition) is 2.